The lowest BCUT2D eigenvalue weighted by Crippen LogP contribution is -2.28. The molecular formula is C19H18N2O. The van der Waals surface area contributed by atoms with Crippen molar-refractivity contribution in [2.45, 2.75) is 20.3 Å². The lowest BCUT2D eigenvalue weighted by molar-refractivity contribution is 0.0989. The van der Waals surface area contributed by atoms with E-state index in [2.05, 4.69) is 24.9 Å². The summed E-state index contributed by atoms with van der Waals surface area (Å²) in [4.78, 5) is 18.1. The van der Waals surface area contributed by atoms with Crippen molar-refractivity contribution in [2.24, 2.45) is 0 Å². The Morgan fingerprint density at radius 2 is 1.95 bits per heavy atom. The van der Waals surface area contributed by atoms with Crippen LogP contribution in [0.2, 0.25) is 0 Å². The zero-order valence-corrected chi connectivity index (χ0v) is 12.8. The standard InChI is InChI=1S/C19H18N2O/c1-12-13(2)20-17-8-7-15(11-16(12)17)19(22)21-10-9-14-5-3-4-6-18(14)21/h3-8,11,20H,9-10H2,1-2H3. The van der Waals surface area contributed by atoms with Crippen LogP contribution in [-0.4, -0.2) is 17.4 Å². The van der Waals surface area contributed by atoms with Gasteiger partial charge in [0.15, 0.2) is 0 Å². The number of H-pyrrole nitrogens is 1. The Kier molecular flexibility index (Phi) is 2.83. The maximum absolute atomic E-state index is 12.9. The molecule has 3 aromatic rings. The molecule has 0 saturated heterocycles. The fraction of sp³-hybridized carbons (Fsp3) is 0.211. The predicted octanol–water partition coefficient (Wildman–Crippen LogP) is 3.99. The summed E-state index contributed by atoms with van der Waals surface area (Å²) in [6.45, 7) is 4.92. The molecule has 1 amide bonds. The van der Waals surface area contributed by atoms with E-state index in [1.807, 2.05) is 41.3 Å². The first kappa shape index (κ1) is 13.1. The van der Waals surface area contributed by atoms with Gasteiger partial charge >= 0.3 is 0 Å². The third-order valence-electron chi connectivity index (χ3n) is 4.69. The van der Waals surface area contributed by atoms with Crippen molar-refractivity contribution < 1.29 is 4.79 Å². The number of para-hydroxylation sites is 1. The molecule has 3 heteroatoms. The first-order valence-corrected chi connectivity index (χ1v) is 7.64. The van der Waals surface area contributed by atoms with E-state index in [-0.39, 0.29) is 5.91 Å². The van der Waals surface area contributed by atoms with Crippen LogP contribution in [0.15, 0.2) is 42.5 Å². The number of hydrogen-bond donors (Lipinski definition) is 1. The number of aromatic nitrogens is 1. The topological polar surface area (TPSA) is 36.1 Å². The number of carbonyl (C=O) groups is 1. The number of nitrogens with one attached hydrogen (secondary N) is 1. The fourth-order valence-electron chi connectivity index (χ4n) is 3.30. The van der Waals surface area contributed by atoms with E-state index in [4.69, 9.17) is 0 Å². The molecule has 0 bridgehead atoms. The highest BCUT2D eigenvalue weighted by Crippen LogP contribution is 2.30. The van der Waals surface area contributed by atoms with E-state index >= 15 is 0 Å². The van der Waals surface area contributed by atoms with Crippen molar-refractivity contribution >= 4 is 22.5 Å². The molecule has 0 fully saturated rings. The number of hydrogen-bond acceptors (Lipinski definition) is 1. The Hall–Kier alpha value is -2.55. The van der Waals surface area contributed by atoms with Crippen LogP contribution in [0, 0.1) is 13.8 Å². The van der Waals surface area contributed by atoms with Gasteiger partial charge < -0.3 is 9.88 Å². The summed E-state index contributed by atoms with van der Waals surface area (Å²) in [7, 11) is 0. The second-order valence-corrected chi connectivity index (χ2v) is 5.97. The van der Waals surface area contributed by atoms with Crippen molar-refractivity contribution in [2.75, 3.05) is 11.4 Å². The largest absolute Gasteiger partial charge is 0.358 e. The van der Waals surface area contributed by atoms with E-state index < -0.39 is 0 Å². The zero-order valence-electron chi connectivity index (χ0n) is 12.8. The molecule has 1 N–H and O–H groups in total. The quantitative estimate of drug-likeness (QED) is 0.723. The average Bonchev–Trinajstić information content (AvgIpc) is 3.09. The second kappa shape index (κ2) is 4.73. The van der Waals surface area contributed by atoms with Crippen LogP contribution in [0.1, 0.15) is 27.2 Å². The van der Waals surface area contributed by atoms with Gasteiger partial charge in [0, 0.05) is 34.4 Å². The zero-order chi connectivity index (χ0) is 15.3. The fourth-order valence-corrected chi connectivity index (χ4v) is 3.30. The highest BCUT2D eigenvalue weighted by atomic mass is 16.2. The third kappa shape index (κ3) is 1.86. The van der Waals surface area contributed by atoms with Gasteiger partial charge in [-0.15, -0.1) is 0 Å². The van der Waals surface area contributed by atoms with Crippen LogP contribution < -0.4 is 4.90 Å². The molecule has 1 aliphatic heterocycles. The molecular weight excluding hydrogens is 272 g/mol. The highest BCUT2D eigenvalue weighted by Gasteiger charge is 2.25. The van der Waals surface area contributed by atoms with Crippen LogP contribution in [0.4, 0.5) is 5.69 Å². The van der Waals surface area contributed by atoms with Gasteiger partial charge in [-0.1, -0.05) is 18.2 Å². The van der Waals surface area contributed by atoms with Gasteiger partial charge in [0.2, 0.25) is 0 Å². The van der Waals surface area contributed by atoms with Gasteiger partial charge in [-0.25, -0.2) is 0 Å². The van der Waals surface area contributed by atoms with E-state index in [1.54, 1.807) is 0 Å². The van der Waals surface area contributed by atoms with Gasteiger partial charge in [-0.2, -0.15) is 0 Å². The minimum absolute atomic E-state index is 0.0881. The average molecular weight is 290 g/mol. The van der Waals surface area contributed by atoms with Crippen LogP contribution >= 0.6 is 0 Å². The maximum Gasteiger partial charge on any atom is 0.258 e. The molecule has 0 spiro atoms. The van der Waals surface area contributed by atoms with Gasteiger partial charge in [-0.05, 0) is 55.7 Å². The van der Waals surface area contributed by atoms with Crippen molar-refractivity contribution in [3.05, 3.63) is 64.8 Å². The number of aromatic amines is 1. The number of aryl methyl sites for hydroxylation is 2. The third-order valence-corrected chi connectivity index (χ3v) is 4.69. The number of amides is 1. The number of anilines is 1. The van der Waals surface area contributed by atoms with Gasteiger partial charge in [0.05, 0.1) is 0 Å². The molecule has 1 aromatic heterocycles. The van der Waals surface area contributed by atoms with Crippen LogP contribution in [0.3, 0.4) is 0 Å². The molecule has 0 saturated carbocycles. The molecule has 2 heterocycles. The van der Waals surface area contributed by atoms with Crippen molar-refractivity contribution in [3.63, 3.8) is 0 Å². The normalized spacial score (nSPS) is 13.6. The second-order valence-electron chi connectivity index (χ2n) is 5.97. The Bertz CT molecular complexity index is 892. The smallest absolute Gasteiger partial charge is 0.258 e. The van der Waals surface area contributed by atoms with Gasteiger partial charge in [-0.3, -0.25) is 4.79 Å². The molecule has 0 atom stereocenters. The molecule has 2 aromatic carbocycles. The van der Waals surface area contributed by atoms with Gasteiger partial charge in [0.25, 0.3) is 5.91 Å². The summed E-state index contributed by atoms with van der Waals surface area (Å²) in [5, 5.41) is 1.14. The Labute approximate surface area is 129 Å². The van der Waals surface area contributed by atoms with Crippen molar-refractivity contribution in [3.8, 4) is 0 Å². The molecule has 0 unspecified atom stereocenters. The monoisotopic (exact) mass is 290 g/mol. The molecule has 4 rings (SSSR count). The molecule has 0 aliphatic carbocycles. The minimum Gasteiger partial charge on any atom is -0.358 e. The molecule has 110 valence electrons. The SMILES string of the molecule is Cc1[nH]c2ccc(C(=O)N3CCc4ccccc43)cc2c1C. The Morgan fingerprint density at radius 1 is 1.14 bits per heavy atom. The Morgan fingerprint density at radius 3 is 2.82 bits per heavy atom. The number of carbonyl (C=O) groups excluding carboxylic acids is 1. The van der Waals surface area contributed by atoms with Crippen LogP contribution in [0.25, 0.3) is 10.9 Å². The number of rotatable bonds is 1. The molecule has 1 aliphatic rings. The summed E-state index contributed by atoms with van der Waals surface area (Å²) in [6.07, 6.45) is 0.937. The summed E-state index contributed by atoms with van der Waals surface area (Å²) in [6, 6.07) is 14.1. The van der Waals surface area contributed by atoms with E-state index in [9.17, 15) is 4.79 Å². The molecule has 0 radical (unpaired) electrons. The summed E-state index contributed by atoms with van der Waals surface area (Å²) < 4.78 is 0. The first-order chi connectivity index (χ1) is 10.6. The number of nitrogens with zero attached hydrogens (tertiary/aromatic N) is 1. The molecule has 22 heavy (non-hydrogen) atoms. The van der Waals surface area contributed by atoms with Crippen molar-refractivity contribution in [1.82, 2.24) is 4.98 Å². The lowest BCUT2D eigenvalue weighted by Gasteiger charge is -2.17. The van der Waals surface area contributed by atoms with E-state index in [0.717, 1.165) is 40.8 Å². The van der Waals surface area contributed by atoms with Crippen LogP contribution in [-0.2, 0) is 6.42 Å². The number of benzene rings is 2. The molecule has 3 nitrogen and oxygen atoms in total. The Balaban J connectivity index is 1.76. The lowest BCUT2D eigenvalue weighted by atomic mass is 10.1. The summed E-state index contributed by atoms with van der Waals surface area (Å²) in [5.74, 6) is 0.0881. The van der Waals surface area contributed by atoms with Gasteiger partial charge in [0.1, 0.15) is 0 Å². The first-order valence-electron chi connectivity index (χ1n) is 7.64. The summed E-state index contributed by atoms with van der Waals surface area (Å²) in [5.41, 5.74) is 6.53. The highest BCUT2D eigenvalue weighted by molar-refractivity contribution is 6.09. The summed E-state index contributed by atoms with van der Waals surface area (Å²) >= 11 is 0. The van der Waals surface area contributed by atoms with E-state index in [0.29, 0.717) is 0 Å². The maximum atomic E-state index is 12.9. The van der Waals surface area contributed by atoms with E-state index in [1.165, 1.54) is 11.1 Å². The predicted molar refractivity (Wildman–Crippen MR) is 89.6 cm³/mol. The number of fused-ring (bicyclic) bond motifs is 2. The minimum atomic E-state index is 0.0881. The van der Waals surface area contributed by atoms with Crippen LogP contribution in [0.5, 0.6) is 0 Å². The van der Waals surface area contributed by atoms with Crippen molar-refractivity contribution in [1.29, 1.82) is 0 Å².